The van der Waals surface area contributed by atoms with Crippen molar-refractivity contribution < 1.29 is 26.4 Å². The van der Waals surface area contributed by atoms with Crippen molar-refractivity contribution in [3.8, 4) is 5.69 Å². The van der Waals surface area contributed by atoms with Crippen molar-refractivity contribution >= 4 is 15.9 Å². The molecule has 1 amide bonds. The molecule has 3 aromatic rings. The number of aromatic nitrogens is 1. The molecular formula is C22H20F3N3O3S. The Kier molecular flexibility index (Phi) is 5.83. The largest absolute Gasteiger partial charge is 0.416 e. The van der Waals surface area contributed by atoms with E-state index in [9.17, 15) is 26.4 Å². The predicted octanol–water partition coefficient (Wildman–Crippen LogP) is 3.64. The summed E-state index contributed by atoms with van der Waals surface area (Å²) in [6, 6.07) is 14.3. The lowest BCUT2D eigenvalue weighted by Crippen LogP contribution is -2.50. The molecule has 0 unspecified atom stereocenters. The second kappa shape index (κ2) is 8.44. The Hall–Kier alpha value is -3.11. The average molecular weight is 463 g/mol. The van der Waals surface area contributed by atoms with Crippen LogP contribution in [0.3, 0.4) is 0 Å². The van der Waals surface area contributed by atoms with Gasteiger partial charge >= 0.3 is 6.18 Å². The molecule has 168 valence electrons. The van der Waals surface area contributed by atoms with Crippen molar-refractivity contribution in [1.82, 2.24) is 13.8 Å². The molecule has 4 rings (SSSR count). The maximum absolute atomic E-state index is 12.8. The predicted molar refractivity (Wildman–Crippen MR) is 112 cm³/mol. The quantitative estimate of drug-likeness (QED) is 0.594. The summed E-state index contributed by atoms with van der Waals surface area (Å²) in [5.41, 5.74) is 0.508. The van der Waals surface area contributed by atoms with E-state index < -0.39 is 21.8 Å². The lowest BCUT2D eigenvalue weighted by Gasteiger charge is -2.34. The van der Waals surface area contributed by atoms with Crippen LogP contribution in [-0.2, 0) is 16.2 Å². The van der Waals surface area contributed by atoms with Crippen LogP contribution in [0.15, 0.2) is 78.0 Å². The van der Waals surface area contributed by atoms with Crippen LogP contribution < -0.4 is 0 Å². The summed E-state index contributed by atoms with van der Waals surface area (Å²) in [6.07, 6.45) is -0.741. The maximum atomic E-state index is 12.8. The Balaban J connectivity index is 1.40. The number of nitrogens with zero attached hydrogens (tertiary/aromatic N) is 3. The summed E-state index contributed by atoms with van der Waals surface area (Å²) >= 11 is 0. The molecule has 1 fully saturated rings. The van der Waals surface area contributed by atoms with Crippen LogP contribution >= 0.6 is 0 Å². The van der Waals surface area contributed by atoms with E-state index in [4.69, 9.17) is 0 Å². The summed E-state index contributed by atoms with van der Waals surface area (Å²) in [6.45, 7) is 0.517. The van der Waals surface area contributed by atoms with Gasteiger partial charge in [0.1, 0.15) is 0 Å². The zero-order chi connectivity index (χ0) is 22.9. The highest BCUT2D eigenvalue weighted by molar-refractivity contribution is 7.89. The van der Waals surface area contributed by atoms with E-state index in [1.807, 2.05) is 41.2 Å². The van der Waals surface area contributed by atoms with Crippen molar-refractivity contribution in [2.75, 3.05) is 26.2 Å². The summed E-state index contributed by atoms with van der Waals surface area (Å²) in [5, 5.41) is 0. The molecule has 1 aromatic heterocycles. The fraction of sp³-hybridized carbons (Fsp3) is 0.227. The summed E-state index contributed by atoms with van der Waals surface area (Å²) in [4.78, 5) is 14.2. The molecule has 2 heterocycles. The Labute approximate surface area is 183 Å². The molecule has 32 heavy (non-hydrogen) atoms. The van der Waals surface area contributed by atoms with Gasteiger partial charge in [0.05, 0.1) is 10.5 Å². The van der Waals surface area contributed by atoms with Crippen LogP contribution in [0, 0.1) is 0 Å². The first kappa shape index (κ1) is 22.1. The zero-order valence-electron chi connectivity index (χ0n) is 16.9. The highest BCUT2D eigenvalue weighted by Gasteiger charge is 2.33. The van der Waals surface area contributed by atoms with E-state index in [0.29, 0.717) is 5.56 Å². The Morgan fingerprint density at radius 1 is 0.812 bits per heavy atom. The first-order chi connectivity index (χ1) is 15.2. The highest BCUT2D eigenvalue weighted by Crippen LogP contribution is 2.30. The molecule has 0 saturated carbocycles. The monoisotopic (exact) mass is 463 g/mol. The molecule has 6 nitrogen and oxygen atoms in total. The van der Waals surface area contributed by atoms with Crippen LogP contribution in [-0.4, -0.2) is 54.3 Å². The molecule has 1 saturated heterocycles. The Morgan fingerprint density at radius 2 is 1.38 bits per heavy atom. The SMILES string of the molecule is O=C(c1ccc(-n2cccc2)cc1)N1CCN(S(=O)(=O)c2ccc(C(F)(F)F)cc2)CC1. The van der Waals surface area contributed by atoms with Gasteiger partial charge in [-0.3, -0.25) is 4.79 Å². The number of sulfonamides is 1. The summed E-state index contributed by atoms with van der Waals surface area (Å²) in [5.74, 6) is -0.198. The standard InChI is InChI=1S/C22H20F3N3O3S/c23-22(24,25)18-5-9-20(10-6-18)32(30,31)28-15-13-27(14-16-28)21(29)17-3-7-19(8-4-17)26-11-1-2-12-26/h1-12H,13-16H2. The number of carbonyl (C=O) groups is 1. The molecule has 2 aromatic carbocycles. The van der Waals surface area contributed by atoms with Gasteiger partial charge in [0, 0.05) is 49.8 Å². The maximum Gasteiger partial charge on any atom is 0.416 e. The van der Waals surface area contributed by atoms with E-state index >= 15 is 0 Å². The molecular weight excluding hydrogens is 443 g/mol. The van der Waals surface area contributed by atoms with E-state index in [0.717, 1.165) is 30.0 Å². The number of hydrogen-bond acceptors (Lipinski definition) is 3. The van der Waals surface area contributed by atoms with Crippen molar-refractivity contribution in [2.24, 2.45) is 0 Å². The third-order valence-electron chi connectivity index (χ3n) is 5.36. The van der Waals surface area contributed by atoms with Gasteiger partial charge in [-0.05, 0) is 60.7 Å². The number of benzene rings is 2. The van der Waals surface area contributed by atoms with Crippen molar-refractivity contribution in [1.29, 1.82) is 0 Å². The molecule has 10 heteroatoms. The van der Waals surface area contributed by atoms with Crippen molar-refractivity contribution in [3.63, 3.8) is 0 Å². The number of piperazine rings is 1. The Morgan fingerprint density at radius 3 is 1.91 bits per heavy atom. The van der Waals surface area contributed by atoms with Crippen LogP contribution in [0.25, 0.3) is 5.69 Å². The lowest BCUT2D eigenvalue weighted by molar-refractivity contribution is -0.137. The highest BCUT2D eigenvalue weighted by atomic mass is 32.2. The molecule has 0 aliphatic carbocycles. The third-order valence-corrected chi connectivity index (χ3v) is 7.27. The number of halogens is 3. The molecule has 1 aliphatic rings. The molecule has 0 bridgehead atoms. The minimum absolute atomic E-state index is 0.0660. The van der Waals surface area contributed by atoms with E-state index in [1.54, 1.807) is 17.0 Å². The molecule has 0 atom stereocenters. The Bertz CT molecular complexity index is 1180. The number of amides is 1. The first-order valence-corrected chi connectivity index (χ1v) is 11.3. The van der Waals surface area contributed by atoms with Gasteiger partial charge in [-0.15, -0.1) is 0 Å². The summed E-state index contributed by atoms with van der Waals surface area (Å²) in [7, 11) is -3.94. The zero-order valence-corrected chi connectivity index (χ0v) is 17.7. The minimum Gasteiger partial charge on any atom is -0.336 e. The van der Waals surface area contributed by atoms with Gasteiger partial charge in [0.25, 0.3) is 5.91 Å². The lowest BCUT2D eigenvalue weighted by atomic mass is 10.1. The smallest absolute Gasteiger partial charge is 0.336 e. The van der Waals surface area contributed by atoms with Gasteiger partial charge in [-0.1, -0.05) is 0 Å². The molecule has 1 aliphatic heterocycles. The number of alkyl halides is 3. The average Bonchev–Trinajstić information content (AvgIpc) is 3.33. The van der Waals surface area contributed by atoms with Gasteiger partial charge < -0.3 is 9.47 Å². The fourth-order valence-corrected chi connectivity index (χ4v) is 4.98. The van der Waals surface area contributed by atoms with Crippen LogP contribution in [0.1, 0.15) is 15.9 Å². The summed E-state index contributed by atoms with van der Waals surface area (Å²) < 4.78 is 66.8. The second-order valence-corrected chi connectivity index (χ2v) is 9.29. The van der Waals surface area contributed by atoms with Gasteiger partial charge in [0.2, 0.25) is 10.0 Å². The number of rotatable bonds is 4. The number of carbonyl (C=O) groups excluding carboxylic acids is 1. The van der Waals surface area contributed by atoms with Gasteiger partial charge in [0.15, 0.2) is 0 Å². The van der Waals surface area contributed by atoms with Crippen LogP contribution in [0.4, 0.5) is 13.2 Å². The van der Waals surface area contributed by atoms with E-state index in [1.165, 1.54) is 4.31 Å². The van der Waals surface area contributed by atoms with Crippen molar-refractivity contribution in [2.45, 2.75) is 11.1 Å². The second-order valence-electron chi connectivity index (χ2n) is 7.36. The van der Waals surface area contributed by atoms with E-state index in [-0.39, 0.29) is 37.0 Å². The minimum atomic E-state index is -4.53. The van der Waals surface area contributed by atoms with Crippen molar-refractivity contribution in [3.05, 3.63) is 84.2 Å². The van der Waals surface area contributed by atoms with E-state index in [2.05, 4.69) is 0 Å². The third kappa shape index (κ3) is 4.42. The normalized spacial score (nSPS) is 15.7. The topological polar surface area (TPSA) is 62.6 Å². The fourth-order valence-electron chi connectivity index (χ4n) is 3.56. The van der Waals surface area contributed by atoms with Gasteiger partial charge in [-0.2, -0.15) is 17.5 Å². The van der Waals surface area contributed by atoms with Crippen LogP contribution in [0.2, 0.25) is 0 Å². The molecule has 0 spiro atoms. The van der Waals surface area contributed by atoms with Gasteiger partial charge in [-0.25, -0.2) is 8.42 Å². The molecule has 0 N–H and O–H groups in total. The first-order valence-electron chi connectivity index (χ1n) is 9.86. The molecule has 0 radical (unpaired) electrons. The van der Waals surface area contributed by atoms with Crippen LogP contribution in [0.5, 0.6) is 0 Å². The number of hydrogen-bond donors (Lipinski definition) is 0.